The molecule has 0 radical (unpaired) electrons. The quantitative estimate of drug-likeness (QED) is 0.690. The number of benzene rings is 1. The minimum absolute atomic E-state index is 0. The number of carbonyl (C=O) groups is 1. The normalized spacial score (nSPS) is 19.7. The minimum Gasteiger partial charge on any atom is -0.381 e. The number of anilines is 2. The van der Waals surface area contributed by atoms with Crippen LogP contribution in [0.2, 0.25) is 0 Å². The number of amides is 1. The first-order valence-electron chi connectivity index (χ1n) is 4.56. The molecule has 1 aromatic carbocycles. The first kappa shape index (κ1) is 11.8. The molecule has 1 unspecified atom stereocenters. The molecule has 3 N–H and O–H groups in total. The Balaban J connectivity index is 0.00000112. The van der Waals surface area contributed by atoms with Crippen LogP contribution >= 0.6 is 12.4 Å². The van der Waals surface area contributed by atoms with Gasteiger partial charge in [-0.2, -0.15) is 0 Å². The summed E-state index contributed by atoms with van der Waals surface area (Å²) in [6.07, 6.45) is 0. The van der Waals surface area contributed by atoms with E-state index in [-0.39, 0.29) is 18.3 Å². The Morgan fingerprint density at radius 3 is 2.87 bits per heavy atom. The van der Waals surface area contributed by atoms with E-state index in [1.165, 1.54) is 0 Å². The highest BCUT2D eigenvalue weighted by molar-refractivity contribution is 6.01. The zero-order chi connectivity index (χ0) is 10.1. The fraction of sp³-hybridized carbons (Fsp3) is 0.300. The van der Waals surface area contributed by atoms with E-state index < -0.39 is 6.04 Å². The third kappa shape index (κ3) is 2.06. The van der Waals surface area contributed by atoms with Gasteiger partial charge in [-0.25, -0.2) is 0 Å². The van der Waals surface area contributed by atoms with Gasteiger partial charge in [0.1, 0.15) is 6.04 Å². The topological polar surface area (TPSA) is 58.4 Å². The SMILES string of the molecule is CN1C(=O)C(N)CNc2ccccc21.Cl. The van der Waals surface area contributed by atoms with Crippen molar-refractivity contribution in [1.29, 1.82) is 0 Å². The van der Waals surface area contributed by atoms with Crippen molar-refractivity contribution in [3.8, 4) is 0 Å². The molecule has 1 heterocycles. The summed E-state index contributed by atoms with van der Waals surface area (Å²) in [5.41, 5.74) is 7.53. The number of rotatable bonds is 0. The first-order chi connectivity index (χ1) is 6.70. The maximum Gasteiger partial charge on any atom is 0.245 e. The molecular formula is C10H14ClN3O. The number of nitrogens with one attached hydrogen (secondary N) is 1. The molecule has 0 saturated heterocycles. The van der Waals surface area contributed by atoms with E-state index in [2.05, 4.69) is 5.32 Å². The molecule has 1 atom stereocenters. The molecule has 2 rings (SSSR count). The third-order valence-electron chi connectivity index (χ3n) is 2.43. The smallest absolute Gasteiger partial charge is 0.245 e. The van der Waals surface area contributed by atoms with Crippen LogP contribution in [0.4, 0.5) is 11.4 Å². The first-order valence-corrected chi connectivity index (χ1v) is 4.56. The highest BCUT2D eigenvalue weighted by atomic mass is 35.5. The number of likely N-dealkylation sites (N-methyl/N-ethyl adjacent to an activating group) is 1. The van der Waals surface area contributed by atoms with E-state index in [0.717, 1.165) is 11.4 Å². The van der Waals surface area contributed by atoms with E-state index in [4.69, 9.17) is 5.73 Å². The zero-order valence-electron chi connectivity index (χ0n) is 8.43. The van der Waals surface area contributed by atoms with Crippen molar-refractivity contribution in [2.45, 2.75) is 6.04 Å². The largest absolute Gasteiger partial charge is 0.381 e. The van der Waals surface area contributed by atoms with E-state index in [9.17, 15) is 4.79 Å². The van der Waals surface area contributed by atoms with Crippen molar-refractivity contribution in [2.75, 3.05) is 23.8 Å². The number of halogens is 1. The van der Waals surface area contributed by atoms with Crippen molar-refractivity contribution >= 4 is 29.7 Å². The summed E-state index contributed by atoms with van der Waals surface area (Å²) in [6.45, 7) is 0.486. The van der Waals surface area contributed by atoms with Gasteiger partial charge in [0, 0.05) is 13.6 Å². The van der Waals surface area contributed by atoms with Crippen LogP contribution in [0.25, 0.3) is 0 Å². The van der Waals surface area contributed by atoms with Gasteiger partial charge in [-0.1, -0.05) is 12.1 Å². The van der Waals surface area contributed by atoms with Crippen molar-refractivity contribution < 1.29 is 4.79 Å². The van der Waals surface area contributed by atoms with Gasteiger partial charge in [0.05, 0.1) is 11.4 Å². The zero-order valence-corrected chi connectivity index (χ0v) is 9.25. The number of nitrogens with two attached hydrogens (primary N) is 1. The lowest BCUT2D eigenvalue weighted by molar-refractivity contribution is -0.119. The fourth-order valence-electron chi connectivity index (χ4n) is 1.59. The molecule has 1 aliphatic rings. The fourth-order valence-corrected chi connectivity index (χ4v) is 1.59. The molecule has 1 aliphatic heterocycles. The number of fused-ring (bicyclic) bond motifs is 1. The monoisotopic (exact) mass is 227 g/mol. The van der Waals surface area contributed by atoms with Crippen LogP contribution in [0.5, 0.6) is 0 Å². The Hall–Kier alpha value is -1.26. The second-order valence-electron chi connectivity index (χ2n) is 3.40. The average molecular weight is 228 g/mol. The van der Waals surface area contributed by atoms with Crippen LogP contribution in [-0.4, -0.2) is 25.5 Å². The molecule has 0 saturated carbocycles. The van der Waals surface area contributed by atoms with Crippen molar-refractivity contribution in [2.24, 2.45) is 5.73 Å². The van der Waals surface area contributed by atoms with E-state index in [1.54, 1.807) is 11.9 Å². The van der Waals surface area contributed by atoms with Crippen LogP contribution in [0, 0.1) is 0 Å². The lowest BCUT2D eigenvalue weighted by atomic mass is 10.2. The number of nitrogens with zero attached hydrogens (tertiary/aromatic N) is 1. The summed E-state index contributed by atoms with van der Waals surface area (Å²) in [4.78, 5) is 13.3. The lowest BCUT2D eigenvalue weighted by Crippen LogP contribution is -2.43. The molecule has 1 aromatic rings. The third-order valence-corrected chi connectivity index (χ3v) is 2.43. The van der Waals surface area contributed by atoms with Gasteiger partial charge in [-0.15, -0.1) is 12.4 Å². The van der Waals surface area contributed by atoms with Gasteiger partial charge in [-0.3, -0.25) is 4.79 Å². The molecule has 0 spiro atoms. The highest BCUT2D eigenvalue weighted by Crippen LogP contribution is 2.26. The number of hydrogen-bond acceptors (Lipinski definition) is 3. The summed E-state index contributed by atoms with van der Waals surface area (Å²) >= 11 is 0. The van der Waals surface area contributed by atoms with Gasteiger partial charge >= 0.3 is 0 Å². The van der Waals surface area contributed by atoms with Crippen LogP contribution in [0.15, 0.2) is 24.3 Å². The van der Waals surface area contributed by atoms with E-state index >= 15 is 0 Å². The predicted octanol–water partition coefficient (Wildman–Crippen LogP) is 0.824. The van der Waals surface area contributed by atoms with Gasteiger partial charge in [-0.05, 0) is 12.1 Å². The summed E-state index contributed by atoms with van der Waals surface area (Å²) in [5.74, 6) is -0.0533. The Morgan fingerprint density at radius 1 is 1.47 bits per heavy atom. The van der Waals surface area contributed by atoms with E-state index in [0.29, 0.717) is 6.54 Å². The molecule has 5 heteroatoms. The summed E-state index contributed by atoms with van der Waals surface area (Å²) in [7, 11) is 1.74. The summed E-state index contributed by atoms with van der Waals surface area (Å²) in [6, 6.07) is 7.21. The molecule has 0 bridgehead atoms. The second-order valence-corrected chi connectivity index (χ2v) is 3.40. The lowest BCUT2D eigenvalue weighted by Gasteiger charge is -2.18. The number of carbonyl (C=O) groups excluding carboxylic acids is 1. The molecule has 1 amide bonds. The molecule has 4 nitrogen and oxygen atoms in total. The van der Waals surface area contributed by atoms with Gasteiger partial charge < -0.3 is 16.0 Å². The highest BCUT2D eigenvalue weighted by Gasteiger charge is 2.24. The molecule has 0 aliphatic carbocycles. The Labute approximate surface area is 94.8 Å². The van der Waals surface area contributed by atoms with Crippen LogP contribution in [0.3, 0.4) is 0 Å². The summed E-state index contributed by atoms with van der Waals surface area (Å²) in [5, 5.41) is 3.15. The number of para-hydroxylation sites is 2. The standard InChI is InChI=1S/C10H13N3O.ClH/c1-13-9-5-3-2-4-8(9)12-6-7(11)10(13)14;/h2-5,7,12H,6,11H2,1H3;1H. The van der Waals surface area contributed by atoms with Gasteiger partial charge in [0.2, 0.25) is 5.91 Å². The van der Waals surface area contributed by atoms with Gasteiger partial charge in [0.15, 0.2) is 0 Å². The van der Waals surface area contributed by atoms with Crippen LogP contribution in [-0.2, 0) is 4.79 Å². The number of hydrogen-bond donors (Lipinski definition) is 2. The average Bonchev–Trinajstić information content (AvgIpc) is 2.32. The molecule has 15 heavy (non-hydrogen) atoms. The molecule has 0 fully saturated rings. The van der Waals surface area contributed by atoms with E-state index in [1.807, 2.05) is 24.3 Å². The second kappa shape index (κ2) is 4.51. The van der Waals surface area contributed by atoms with Crippen molar-refractivity contribution in [3.63, 3.8) is 0 Å². The maximum atomic E-state index is 11.7. The van der Waals surface area contributed by atoms with Crippen molar-refractivity contribution in [3.05, 3.63) is 24.3 Å². The Kier molecular flexibility index (Phi) is 3.55. The Bertz CT molecular complexity index is 369. The van der Waals surface area contributed by atoms with Gasteiger partial charge in [0.25, 0.3) is 0 Å². The van der Waals surface area contributed by atoms with Crippen molar-refractivity contribution in [1.82, 2.24) is 0 Å². The maximum absolute atomic E-state index is 11.7. The minimum atomic E-state index is -0.465. The van der Waals surface area contributed by atoms with Crippen LogP contribution < -0.4 is 16.0 Å². The molecule has 82 valence electrons. The van der Waals surface area contributed by atoms with Crippen LogP contribution in [0.1, 0.15) is 0 Å². The predicted molar refractivity (Wildman–Crippen MR) is 63.6 cm³/mol. The molecule has 0 aromatic heterocycles. The molecular weight excluding hydrogens is 214 g/mol. The summed E-state index contributed by atoms with van der Waals surface area (Å²) < 4.78 is 0. The Morgan fingerprint density at radius 2 is 2.13 bits per heavy atom.